The number of fused-ring (bicyclic) bond motifs is 1. The van der Waals surface area contributed by atoms with Crippen LogP contribution in [0.1, 0.15) is 28.4 Å². The fourth-order valence-corrected chi connectivity index (χ4v) is 3.93. The summed E-state index contributed by atoms with van der Waals surface area (Å²) in [6.07, 6.45) is 3.08. The molecule has 0 aliphatic heterocycles. The number of para-hydroxylation sites is 1. The molecule has 0 bridgehead atoms. The van der Waals surface area contributed by atoms with Crippen molar-refractivity contribution >= 4 is 40.0 Å². The highest BCUT2D eigenvalue weighted by Crippen LogP contribution is 2.21. The van der Waals surface area contributed by atoms with Crippen molar-refractivity contribution < 1.29 is 9.59 Å². The van der Waals surface area contributed by atoms with Crippen molar-refractivity contribution in [3.63, 3.8) is 0 Å². The summed E-state index contributed by atoms with van der Waals surface area (Å²) in [5.74, 6) is -0.679. The van der Waals surface area contributed by atoms with Crippen LogP contribution < -0.4 is 10.6 Å². The summed E-state index contributed by atoms with van der Waals surface area (Å²) in [4.78, 5) is 29.4. The van der Waals surface area contributed by atoms with Gasteiger partial charge in [0.25, 0.3) is 5.91 Å². The number of H-pyrrole nitrogens is 1. The minimum Gasteiger partial charge on any atom is -0.361 e. The molecule has 1 heterocycles. The minimum atomic E-state index is -0.789. The second-order valence-corrected chi connectivity index (χ2v) is 8.02. The number of aryl methyl sites for hydroxylation is 1. The van der Waals surface area contributed by atoms with Gasteiger partial charge in [0.1, 0.15) is 6.04 Å². The average molecular weight is 446 g/mol. The monoisotopic (exact) mass is 445 g/mol. The van der Waals surface area contributed by atoms with Crippen molar-refractivity contribution in [1.82, 2.24) is 10.3 Å². The first-order valence-electron chi connectivity index (χ1n) is 10.6. The van der Waals surface area contributed by atoms with Gasteiger partial charge < -0.3 is 15.6 Å². The van der Waals surface area contributed by atoms with Crippen molar-refractivity contribution in [3.8, 4) is 0 Å². The molecule has 0 spiro atoms. The van der Waals surface area contributed by atoms with Crippen LogP contribution in [0, 0.1) is 0 Å². The van der Waals surface area contributed by atoms with Crippen molar-refractivity contribution in [2.75, 3.05) is 5.32 Å². The Hall–Kier alpha value is -3.57. The van der Waals surface area contributed by atoms with Gasteiger partial charge >= 0.3 is 0 Å². The van der Waals surface area contributed by atoms with E-state index in [1.807, 2.05) is 54.7 Å². The molecule has 32 heavy (non-hydrogen) atoms. The van der Waals surface area contributed by atoms with E-state index in [4.69, 9.17) is 11.6 Å². The van der Waals surface area contributed by atoms with Gasteiger partial charge in [-0.25, -0.2) is 0 Å². The van der Waals surface area contributed by atoms with Gasteiger partial charge in [0, 0.05) is 29.2 Å². The van der Waals surface area contributed by atoms with Crippen LogP contribution in [0.15, 0.2) is 79.0 Å². The first kappa shape index (κ1) is 21.7. The Morgan fingerprint density at radius 2 is 1.78 bits per heavy atom. The molecule has 162 valence electrons. The van der Waals surface area contributed by atoms with Gasteiger partial charge in [-0.15, -0.1) is 0 Å². The molecule has 0 fully saturated rings. The van der Waals surface area contributed by atoms with Crippen molar-refractivity contribution in [2.24, 2.45) is 0 Å². The summed E-state index contributed by atoms with van der Waals surface area (Å²) in [5, 5.41) is 7.19. The van der Waals surface area contributed by atoms with Crippen LogP contribution in [0.4, 0.5) is 5.69 Å². The highest BCUT2D eigenvalue weighted by Gasteiger charge is 2.24. The molecule has 0 saturated heterocycles. The second kappa shape index (κ2) is 9.71. The normalized spacial score (nSPS) is 11.8. The van der Waals surface area contributed by atoms with Crippen LogP contribution >= 0.6 is 11.6 Å². The van der Waals surface area contributed by atoms with E-state index in [0.717, 1.165) is 28.5 Å². The predicted molar refractivity (Wildman–Crippen MR) is 129 cm³/mol. The molecule has 6 heteroatoms. The topological polar surface area (TPSA) is 74.0 Å². The molecule has 0 aliphatic carbocycles. The van der Waals surface area contributed by atoms with Crippen molar-refractivity contribution in [2.45, 2.75) is 25.8 Å². The lowest BCUT2D eigenvalue weighted by atomic mass is 10.0. The molecule has 0 radical (unpaired) electrons. The number of hydrogen-bond acceptors (Lipinski definition) is 2. The van der Waals surface area contributed by atoms with Crippen molar-refractivity contribution in [1.29, 1.82) is 0 Å². The Kier molecular flexibility index (Phi) is 6.57. The van der Waals surface area contributed by atoms with Crippen LogP contribution in [0.5, 0.6) is 0 Å². The third-order valence-corrected chi connectivity index (χ3v) is 5.77. The number of nitrogens with one attached hydrogen (secondary N) is 3. The van der Waals surface area contributed by atoms with Crippen molar-refractivity contribution in [3.05, 3.63) is 101 Å². The smallest absolute Gasteiger partial charge is 0.253 e. The molecule has 2 amide bonds. The summed E-state index contributed by atoms with van der Waals surface area (Å²) in [6, 6.07) is 21.6. The molecule has 0 saturated carbocycles. The number of aromatic amines is 1. The average Bonchev–Trinajstić information content (AvgIpc) is 3.22. The zero-order chi connectivity index (χ0) is 22.5. The Bertz CT molecular complexity index is 1260. The largest absolute Gasteiger partial charge is 0.361 e. The second-order valence-electron chi connectivity index (χ2n) is 7.61. The highest BCUT2D eigenvalue weighted by molar-refractivity contribution is 6.33. The molecule has 3 N–H and O–H groups in total. The number of aromatic nitrogens is 1. The van der Waals surface area contributed by atoms with E-state index in [9.17, 15) is 9.59 Å². The zero-order valence-corrected chi connectivity index (χ0v) is 18.4. The molecule has 1 aromatic heterocycles. The minimum absolute atomic E-state index is 0.288. The summed E-state index contributed by atoms with van der Waals surface area (Å²) in [5.41, 5.74) is 4.08. The molecular weight excluding hydrogens is 422 g/mol. The number of amides is 2. The van der Waals surface area contributed by atoms with Gasteiger partial charge in [0.2, 0.25) is 5.91 Å². The van der Waals surface area contributed by atoms with Gasteiger partial charge in [-0.2, -0.15) is 0 Å². The quantitative estimate of drug-likeness (QED) is 0.358. The Morgan fingerprint density at radius 1 is 1.00 bits per heavy atom. The number of rotatable bonds is 7. The summed E-state index contributed by atoms with van der Waals surface area (Å²) in [6.45, 7) is 2.06. The van der Waals surface area contributed by atoms with Crippen LogP contribution in [-0.2, 0) is 17.6 Å². The summed E-state index contributed by atoms with van der Waals surface area (Å²) in [7, 11) is 0. The van der Waals surface area contributed by atoms with E-state index < -0.39 is 11.9 Å². The lowest BCUT2D eigenvalue weighted by Crippen LogP contribution is -2.45. The number of hydrogen-bond donors (Lipinski definition) is 3. The summed E-state index contributed by atoms with van der Waals surface area (Å²) < 4.78 is 0. The molecule has 5 nitrogen and oxygen atoms in total. The molecule has 0 unspecified atom stereocenters. The fourth-order valence-electron chi connectivity index (χ4n) is 3.71. The number of carbonyl (C=O) groups is 2. The number of benzene rings is 3. The van der Waals surface area contributed by atoms with Gasteiger partial charge in [0.05, 0.1) is 10.6 Å². The van der Waals surface area contributed by atoms with E-state index in [2.05, 4.69) is 22.5 Å². The van der Waals surface area contributed by atoms with Gasteiger partial charge in [0.15, 0.2) is 0 Å². The van der Waals surface area contributed by atoms with E-state index in [1.54, 1.807) is 24.3 Å². The third-order valence-electron chi connectivity index (χ3n) is 5.44. The van der Waals surface area contributed by atoms with Gasteiger partial charge in [-0.3, -0.25) is 9.59 Å². The number of carbonyl (C=O) groups excluding carboxylic acids is 2. The number of halogens is 1. The summed E-state index contributed by atoms with van der Waals surface area (Å²) >= 11 is 6.20. The maximum absolute atomic E-state index is 13.3. The molecule has 0 aliphatic rings. The zero-order valence-electron chi connectivity index (χ0n) is 17.7. The molecular formula is C26H24ClN3O2. The molecule has 4 aromatic rings. The Morgan fingerprint density at radius 3 is 2.59 bits per heavy atom. The third kappa shape index (κ3) is 4.84. The predicted octanol–water partition coefficient (Wildman–Crippen LogP) is 5.36. The maximum Gasteiger partial charge on any atom is 0.253 e. The highest BCUT2D eigenvalue weighted by atomic mass is 35.5. The van der Waals surface area contributed by atoms with E-state index in [-0.39, 0.29) is 5.91 Å². The maximum atomic E-state index is 13.3. The molecule has 1 atom stereocenters. The van der Waals surface area contributed by atoms with E-state index >= 15 is 0 Å². The van der Waals surface area contributed by atoms with Crippen LogP contribution in [0.25, 0.3) is 10.9 Å². The van der Waals surface area contributed by atoms with E-state index in [1.165, 1.54) is 0 Å². The lowest BCUT2D eigenvalue weighted by Gasteiger charge is -2.19. The lowest BCUT2D eigenvalue weighted by molar-refractivity contribution is -0.118. The van der Waals surface area contributed by atoms with Gasteiger partial charge in [-0.05, 0) is 47.9 Å². The fraction of sp³-hybridized carbons (Fsp3) is 0.154. The molecule has 3 aromatic carbocycles. The van der Waals surface area contributed by atoms with E-state index in [0.29, 0.717) is 22.7 Å². The Balaban J connectivity index is 1.61. The standard InChI is InChI=1S/C26H24ClN3O2/c1-2-17-8-7-9-19(14-17)29-26(32)24(30-25(31)21-11-3-5-12-22(21)27)15-18-16-28-23-13-6-4-10-20(18)23/h3-14,16,24,28H,2,15H2,1H3,(H,29,32)(H,30,31)/t24-/m0/s1. The first-order valence-corrected chi connectivity index (χ1v) is 10.9. The van der Waals surface area contributed by atoms with Crippen LogP contribution in [-0.4, -0.2) is 22.8 Å². The van der Waals surface area contributed by atoms with Gasteiger partial charge in [-0.1, -0.05) is 61.0 Å². The first-order chi connectivity index (χ1) is 15.5. The Labute approximate surface area is 191 Å². The molecule has 4 rings (SSSR count). The van der Waals surface area contributed by atoms with Crippen LogP contribution in [0.2, 0.25) is 5.02 Å². The SMILES string of the molecule is CCc1cccc(NC(=O)[C@H](Cc2c[nH]c3ccccc23)NC(=O)c2ccccc2Cl)c1. The van der Waals surface area contributed by atoms with Crippen LogP contribution in [0.3, 0.4) is 0 Å². The number of anilines is 1.